The Morgan fingerprint density at radius 3 is 2.42 bits per heavy atom. The second kappa shape index (κ2) is 7.90. The normalized spacial score (nSPS) is 10.0. The number of nitriles is 1. The number of benzene rings is 2. The lowest BCUT2D eigenvalue weighted by Crippen LogP contribution is -2.18. The van der Waals surface area contributed by atoms with Crippen molar-refractivity contribution in [1.29, 1.82) is 5.26 Å². The molecule has 122 valence electrons. The second-order valence-electron chi connectivity index (χ2n) is 5.12. The summed E-state index contributed by atoms with van der Waals surface area (Å²) in [6, 6.07) is 13.0. The van der Waals surface area contributed by atoms with E-state index >= 15 is 0 Å². The van der Waals surface area contributed by atoms with E-state index in [1.165, 1.54) is 18.2 Å². The van der Waals surface area contributed by atoms with Gasteiger partial charge in [0.2, 0.25) is 0 Å². The van der Waals surface area contributed by atoms with E-state index in [9.17, 15) is 14.7 Å². The molecule has 2 aromatic carbocycles. The zero-order valence-electron chi connectivity index (χ0n) is 12.8. The summed E-state index contributed by atoms with van der Waals surface area (Å²) in [6.07, 6.45) is 1.38. The van der Waals surface area contributed by atoms with Gasteiger partial charge in [-0.25, -0.2) is 4.79 Å². The summed E-state index contributed by atoms with van der Waals surface area (Å²) < 4.78 is 0. The summed E-state index contributed by atoms with van der Waals surface area (Å²) in [5, 5.41) is 29.7. The highest BCUT2D eigenvalue weighted by molar-refractivity contribution is 6.12. The number of carboxylic acids is 1. The number of aliphatic hydroxyl groups is 1. The number of anilines is 1. The molecule has 0 aliphatic carbocycles. The lowest BCUT2D eigenvalue weighted by Gasteiger charge is -2.10. The van der Waals surface area contributed by atoms with Gasteiger partial charge < -0.3 is 15.5 Å². The first-order valence-electron chi connectivity index (χ1n) is 7.34. The number of rotatable bonds is 6. The second-order valence-corrected chi connectivity index (χ2v) is 5.12. The number of carbonyl (C=O) groups excluding carboxylic acids is 1. The Bertz CT molecular complexity index is 792. The molecule has 0 spiro atoms. The first-order chi connectivity index (χ1) is 11.6. The highest BCUT2D eigenvalue weighted by atomic mass is 16.4. The van der Waals surface area contributed by atoms with Gasteiger partial charge in [0.25, 0.3) is 5.91 Å². The molecule has 0 aliphatic heterocycles. The van der Waals surface area contributed by atoms with Crippen LogP contribution in [-0.2, 0) is 6.42 Å². The van der Waals surface area contributed by atoms with Gasteiger partial charge in [-0.2, -0.15) is 5.26 Å². The molecular formula is C18H16N2O4. The van der Waals surface area contributed by atoms with Crippen LogP contribution in [0.2, 0.25) is 0 Å². The number of aromatic carboxylic acids is 1. The minimum absolute atomic E-state index is 0.00645. The van der Waals surface area contributed by atoms with E-state index in [0.717, 1.165) is 12.0 Å². The van der Waals surface area contributed by atoms with Gasteiger partial charge in [-0.05, 0) is 42.7 Å². The van der Waals surface area contributed by atoms with Crippen molar-refractivity contribution in [2.24, 2.45) is 0 Å². The molecule has 6 heteroatoms. The molecule has 0 saturated heterocycles. The van der Waals surface area contributed by atoms with Crippen LogP contribution in [-0.4, -0.2) is 28.7 Å². The maximum absolute atomic E-state index is 12.4. The summed E-state index contributed by atoms with van der Waals surface area (Å²) >= 11 is 0. The number of carbonyl (C=O) groups is 2. The van der Waals surface area contributed by atoms with E-state index in [0.29, 0.717) is 12.1 Å². The highest BCUT2D eigenvalue weighted by Crippen LogP contribution is 2.18. The Kier molecular flexibility index (Phi) is 5.66. The number of carboxylic acid groups (broad SMARTS) is 1. The number of amides is 1. The van der Waals surface area contributed by atoms with Crippen LogP contribution in [0.25, 0.3) is 0 Å². The van der Waals surface area contributed by atoms with Crippen molar-refractivity contribution in [1.82, 2.24) is 0 Å². The molecule has 2 aromatic rings. The molecule has 0 atom stereocenters. The number of nitrogens with one attached hydrogen (secondary N) is 1. The zero-order valence-corrected chi connectivity index (χ0v) is 12.8. The van der Waals surface area contributed by atoms with E-state index in [1.807, 2.05) is 18.2 Å². The van der Waals surface area contributed by atoms with E-state index < -0.39 is 11.9 Å². The van der Waals surface area contributed by atoms with E-state index in [-0.39, 0.29) is 23.3 Å². The third-order valence-electron chi connectivity index (χ3n) is 3.48. The monoisotopic (exact) mass is 324 g/mol. The molecule has 24 heavy (non-hydrogen) atoms. The summed E-state index contributed by atoms with van der Waals surface area (Å²) in [6.45, 7) is 0.112. The van der Waals surface area contributed by atoms with Crippen molar-refractivity contribution in [2.45, 2.75) is 12.8 Å². The molecule has 0 radical (unpaired) electrons. The van der Waals surface area contributed by atoms with E-state index in [1.54, 1.807) is 12.1 Å². The molecule has 2 rings (SSSR count). The fraction of sp³-hybridized carbons (Fsp3) is 0.167. The van der Waals surface area contributed by atoms with Crippen molar-refractivity contribution in [3.8, 4) is 6.07 Å². The van der Waals surface area contributed by atoms with Gasteiger partial charge in [0.15, 0.2) is 0 Å². The molecule has 0 bridgehead atoms. The summed E-state index contributed by atoms with van der Waals surface area (Å²) in [5.41, 5.74) is 1.15. The van der Waals surface area contributed by atoms with Crippen LogP contribution in [0, 0.1) is 11.3 Å². The molecule has 0 fully saturated rings. The maximum Gasteiger partial charge on any atom is 0.336 e. The average molecular weight is 324 g/mol. The summed E-state index contributed by atoms with van der Waals surface area (Å²) in [7, 11) is 0. The standard InChI is InChI=1S/C18H16N2O4/c19-11-13-4-1-5-15(18(23)24)16(13)17(22)20-14-8-6-12(7-9-14)3-2-10-21/h1,4-9,21H,2-3,10H2,(H,20,22)(H,23,24). The smallest absolute Gasteiger partial charge is 0.336 e. The SMILES string of the molecule is N#Cc1cccc(C(=O)O)c1C(=O)Nc1ccc(CCCO)cc1. The molecule has 6 nitrogen and oxygen atoms in total. The van der Waals surface area contributed by atoms with Crippen molar-refractivity contribution in [2.75, 3.05) is 11.9 Å². The molecule has 0 aromatic heterocycles. The lowest BCUT2D eigenvalue weighted by atomic mass is 10.0. The molecule has 0 heterocycles. The predicted molar refractivity (Wildman–Crippen MR) is 87.9 cm³/mol. The topological polar surface area (TPSA) is 110 Å². The molecule has 1 amide bonds. The average Bonchev–Trinajstić information content (AvgIpc) is 2.60. The third kappa shape index (κ3) is 3.97. The van der Waals surface area contributed by atoms with Crippen LogP contribution in [0.3, 0.4) is 0 Å². The van der Waals surface area contributed by atoms with Gasteiger partial charge >= 0.3 is 5.97 Å². The Morgan fingerprint density at radius 2 is 1.83 bits per heavy atom. The van der Waals surface area contributed by atoms with Gasteiger partial charge in [0.05, 0.1) is 22.8 Å². The van der Waals surface area contributed by atoms with Gasteiger partial charge in [-0.15, -0.1) is 0 Å². The quantitative estimate of drug-likeness (QED) is 0.756. The van der Waals surface area contributed by atoms with Crippen molar-refractivity contribution in [3.05, 3.63) is 64.7 Å². The third-order valence-corrected chi connectivity index (χ3v) is 3.48. The fourth-order valence-corrected chi connectivity index (χ4v) is 2.30. The van der Waals surface area contributed by atoms with Crippen LogP contribution in [0.1, 0.15) is 38.3 Å². The predicted octanol–water partition coefficient (Wildman–Crippen LogP) is 2.43. The number of aliphatic hydroxyl groups excluding tert-OH is 1. The van der Waals surface area contributed by atoms with E-state index in [4.69, 9.17) is 10.4 Å². The molecular weight excluding hydrogens is 308 g/mol. The van der Waals surface area contributed by atoms with Crippen LogP contribution in [0.4, 0.5) is 5.69 Å². The summed E-state index contributed by atoms with van der Waals surface area (Å²) in [5.74, 6) is -1.91. The van der Waals surface area contributed by atoms with Crippen molar-refractivity contribution < 1.29 is 19.8 Å². The van der Waals surface area contributed by atoms with Crippen LogP contribution < -0.4 is 5.32 Å². The first-order valence-corrected chi connectivity index (χ1v) is 7.34. The molecule has 0 unspecified atom stereocenters. The Hall–Kier alpha value is -3.17. The van der Waals surface area contributed by atoms with Gasteiger partial charge in [-0.1, -0.05) is 18.2 Å². The zero-order chi connectivity index (χ0) is 17.5. The fourth-order valence-electron chi connectivity index (χ4n) is 2.30. The minimum atomic E-state index is -1.27. The van der Waals surface area contributed by atoms with Gasteiger partial charge in [0, 0.05) is 12.3 Å². The number of hydrogen-bond acceptors (Lipinski definition) is 4. The molecule has 0 saturated carbocycles. The maximum atomic E-state index is 12.4. The number of nitrogens with zero attached hydrogens (tertiary/aromatic N) is 1. The number of hydrogen-bond donors (Lipinski definition) is 3. The van der Waals surface area contributed by atoms with Crippen LogP contribution >= 0.6 is 0 Å². The highest BCUT2D eigenvalue weighted by Gasteiger charge is 2.20. The largest absolute Gasteiger partial charge is 0.478 e. The van der Waals surface area contributed by atoms with Gasteiger partial charge in [-0.3, -0.25) is 4.79 Å². The Morgan fingerprint density at radius 1 is 1.12 bits per heavy atom. The van der Waals surface area contributed by atoms with Crippen LogP contribution in [0.15, 0.2) is 42.5 Å². The Labute approximate surface area is 139 Å². The summed E-state index contributed by atoms with van der Waals surface area (Å²) in [4.78, 5) is 23.7. The molecule has 0 aliphatic rings. The van der Waals surface area contributed by atoms with Crippen LogP contribution in [0.5, 0.6) is 0 Å². The van der Waals surface area contributed by atoms with E-state index in [2.05, 4.69) is 5.32 Å². The first kappa shape index (κ1) is 17.2. The van der Waals surface area contributed by atoms with Crippen molar-refractivity contribution in [3.63, 3.8) is 0 Å². The Balaban J connectivity index is 2.24. The number of aryl methyl sites for hydroxylation is 1. The van der Waals surface area contributed by atoms with Gasteiger partial charge in [0.1, 0.15) is 0 Å². The lowest BCUT2D eigenvalue weighted by molar-refractivity contribution is 0.0692. The minimum Gasteiger partial charge on any atom is -0.478 e. The van der Waals surface area contributed by atoms with Crippen molar-refractivity contribution >= 4 is 17.6 Å². The molecule has 3 N–H and O–H groups in total.